The minimum Gasteiger partial charge on any atom is -0.299 e. The number of hydrogen-bond acceptors (Lipinski definition) is 1. The topological polar surface area (TPSA) is 3.24 Å². The zero-order chi connectivity index (χ0) is 10.1. The molecule has 3 rings (SSSR count). The van der Waals surface area contributed by atoms with Crippen molar-refractivity contribution < 1.29 is 0 Å². The highest BCUT2D eigenvalue weighted by atomic mass is 15.2. The molecular weight excluding hydrogens is 182 g/mol. The second-order valence-corrected chi connectivity index (χ2v) is 4.31. The Labute approximate surface area is 90.3 Å². The fourth-order valence-corrected chi connectivity index (χ4v) is 2.14. The number of nitrogens with zero attached hydrogens (tertiary/aromatic N) is 1. The number of likely N-dealkylation sites (tertiary alicyclic amines) is 1. The summed E-state index contributed by atoms with van der Waals surface area (Å²) in [6.07, 6.45) is 1.37. The summed E-state index contributed by atoms with van der Waals surface area (Å²) in [5.41, 5.74) is 1.44. The second-order valence-electron chi connectivity index (χ2n) is 4.31. The van der Waals surface area contributed by atoms with Crippen molar-refractivity contribution in [1.29, 1.82) is 0 Å². The molecule has 0 aliphatic carbocycles. The van der Waals surface area contributed by atoms with Crippen LogP contribution in [-0.2, 0) is 6.54 Å². The van der Waals surface area contributed by atoms with Gasteiger partial charge in [-0.05, 0) is 41.9 Å². The summed E-state index contributed by atoms with van der Waals surface area (Å²) in [5, 5.41) is 2.69. The third kappa shape index (κ3) is 1.75. The van der Waals surface area contributed by atoms with Crippen LogP contribution in [0.2, 0.25) is 0 Å². The first-order valence-electron chi connectivity index (χ1n) is 5.62. The molecule has 0 aromatic heterocycles. The van der Waals surface area contributed by atoms with Gasteiger partial charge in [-0.15, -0.1) is 0 Å². The Morgan fingerprint density at radius 1 is 0.933 bits per heavy atom. The van der Waals surface area contributed by atoms with E-state index in [0.29, 0.717) is 0 Å². The lowest BCUT2D eigenvalue weighted by molar-refractivity contribution is 0.172. The molecule has 1 heterocycles. The van der Waals surface area contributed by atoms with Gasteiger partial charge in [-0.3, -0.25) is 4.90 Å². The third-order valence-electron chi connectivity index (χ3n) is 3.17. The Balaban J connectivity index is 1.91. The number of fused-ring (bicyclic) bond motifs is 1. The predicted molar refractivity (Wildman–Crippen MR) is 63.8 cm³/mol. The van der Waals surface area contributed by atoms with E-state index in [1.807, 2.05) is 0 Å². The van der Waals surface area contributed by atoms with Gasteiger partial charge in [0.05, 0.1) is 0 Å². The van der Waals surface area contributed by atoms with Crippen LogP contribution in [0, 0.1) is 0 Å². The molecule has 1 heteroatoms. The molecule has 0 N–H and O–H groups in total. The van der Waals surface area contributed by atoms with E-state index in [4.69, 9.17) is 0 Å². The summed E-state index contributed by atoms with van der Waals surface area (Å²) in [5.74, 6) is 0. The summed E-state index contributed by atoms with van der Waals surface area (Å²) >= 11 is 0. The molecule has 2 aromatic rings. The largest absolute Gasteiger partial charge is 0.299 e. The Hall–Kier alpha value is -1.34. The molecule has 1 saturated heterocycles. The molecule has 1 aliphatic rings. The second kappa shape index (κ2) is 3.67. The Bertz CT molecular complexity index is 471. The molecule has 1 fully saturated rings. The molecule has 0 spiro atoms. The minimum atomic E-state index is 1.12. The highest BCUT2D eigenvalue weighted by Crippen LogP contribution is 2.18. The summed E-state index contributed by atoms with van der Waals surface area (Å²) in [6.45, 7) is 3.66. The van der Waals surface area contributed by atoms with Crippen molar-refractivity contribution >= 4 is 10.8 Å². The van der Waals surface area contributed by atoms with Crippen molar-refractivity contribution in [3.8, 4) is 0 Å². The van der Waals surface area contributed by atoms with Crippen molar-refractivity contribution in [3.63, 3.8) is 0 Å². The van der Waals surface area contributed by atoms with Crippen LogP contribution in [0.3, 0.4) is 0 Å². The van der Waals surface area contributed by atoms with Gasteiger partial charge in [0.15, 0.2) is 0 Å². The van der Waals surface area contributed by atoms with Gasteiger partial charge in [-0.25, -0.2) is 0 Å². The molecule has 0 amide bonds. The van der Waals surface area contributed by atoms with Crippen molar-refractivity contribution in [1.82, 2.24) is 4.90 Å². The van der Waals surface area contributed by atoms with Gasteiger partial charge in [0, 0.05) is 6.54 Å². The molecule has 76 valence electrons. The van der Waals surface area contributed by atoms with E-state index < -0.39 is 0 Å². The normalized spacial score (nSPS) is 16.5. The fourth-order valence-electron chi connectivity index (χ4n) is 2.14. The highest BCUT2D eigenvalue weighted by Gasteiger charge is 2.13. The van der Waals surface area contributed by atoms with Gasteiger partial charge in [0.25, 0.3) is 0 Å². The average molecular weight is 197 g/mol. The molecule has 1 aliphatic heterocycles. The van der Waals surface area contributed by atoms with Crippen LogP contribution >= 0.6 is 0 Å². The monoisotopic (exact) mass is 197 g/mol. The van der Waals surface area contributed by atoms with E-state index >= 15 is 0 Å². The van der Waals surface area contributed by atoms with E-state index in [1.54, 1.807) is 0 Å². The first-order chi connectivity index (χ1) is 7.42. The van der Waals surface area contributed by atoms with Crippen molar-refractivity contribution in [3.05, 3.63) is 48.0 Å². The lowest BCUT2D eigenvalue weighted by Gasteiger charge is -2.30. The van der Waals surface area contributed by atoms with Gasteiger partial charge in [-0.2, -0.15) is 0 Å². The fraction of sp³-hybridized carbons (Fsp3) is 0.286. The SMILES string of the molecule is c1ccc2cc(CN3CCC3)ccc2c1. The molecule has 0 saturated carbocycles. The summed E-state index contributed by atoms with van der Waals surface area (Å²) in [7, 11) is 0. The quantitative estimate of drug-likeness (QED) is 0.715. The first kappa shape index (κ1) is 8.93. The Kier molecular flexibility index (Phi) is 2.18. The average Bonchev–Trinajstić information content (AvgIpc) is 2.23. The van der Waals surface area contributed by atoms with Crippen LogP contribution < -0.4 is 0 Å². The minimum absolute atomic E-state index is 1.12. The lowest BCUT2D eigenvalue weighted by atomic mass is 10.1. The predicted octanol–water partition coefficient (Wildman–Crippen LogP) is 3.05. The molecular formula is C14H15N. The number of rotatable bonds is 2. The van der Waals surface area contributed by atoms with Crippen molar-refractivity contribution in [2.75, 3.05) is 13.1 Å². The summed E-state index contributed by atoms with van der Waals surface area (Å²) in [4.78, 5) is 2.49. The first-order valence-corrected chi connectivity index (χ1v) is 5.62. The van der Waals surface area contributed by atoms with Crippen LogP contribution in [0.4, 0.5) is 0 Å². The van der Waals surface area contributed by atoms with Crippen molar-refractivity contribution in [2.24, 2.45) is 0 Å². The van der Waals surface area contributed by atoms with Gasteiger partial charge < -0.3 is 0 Å². The summed E-state index contributed by atoms with van der Waals surface area (Å²) in [6, 6.07) is 15.4. The van der Waals surface area contributed by atoms with Gasteiger partial charge in [0.2, 0.25) is 0 Å². The number of benzene rings is 2. The molecule has 0 atom stereocenters. The van der Waals surface area contributed by atoms with E-state index in [-0.39, 0.29) is 0 Å². The molecule has 0 unspecified atom stereocenters. The molecule has 0 radical (unpaired) electrons. The van der Waals surface area contributed by atoms with E-state index in [1.165, 1.54) is 35.8 Å². The maximum absolute atomic E-state index is 2.49. The molecule has 2 aromatic carbocycles. The lowest BCUT2D eigenvalue weighted by Crippen LogP contribution is -2.36. The van der Waals surface area contributed by atoms with E-state index in [9.17, 15) is 0 Å². The number of hydrogen-bond donors (Lipinski definition) is 0. The van der Waals surface area contributed by atoms with Crippen LogP contribution in [0.15, 0.2) is 42.5 Å². The maximum atomic E-state index is 2.49. The van der Waals surface area contributed by atoms with Crippen LogP contribution in [0.1, 0.15) is 12.0 Å². The standard InChI is InChI=1S/C14H15N/c1-2-5-14-10-12(6-7-13(14)4-1)11-15-8-3-9-15/h1-2,4-7,10H,3,8-9,11H2. The zero-order valence-corrected chi connectivity index (χ0v) is 8.82. The van der Waals surface area contributed by atoms with Gasteiger partial charge in [0.1, 0.15) is 0 Å². The van der Waals surface area contributed by atoms with Crippen molar-refractivity contribution in [2.45, 2.75) is 13.0 Å². The molecule has 15 heavy (non-hydrogen) atoms. The Morgan fingerprint density at radius 2 is 1.73 bits per heavy atom. The summed E-state index contributed by atoms with van der Waals surface area (Å²) < 4.78 is 0. The smallest absolute Gasteiger partial charge is 0.0233 e. The van der Waals surface area contributed by atoms with Crippen LogP contribution in [0.5, 0.6) is 0 Å². The van der Waals surface area contributed by atoms with Crippen LogP contribution in [-0.4, -0.2) is 18.0 Å². The third-order valence-corrected chi connectivity index (χ3v) is 3.17. The highest BCUT2D eigenvalue weighted by molar-refractivity contribution is 5.82. The Morgan fingerprint density at radius 3 is 2.47 bits per heavy atom. The van der Waals surface area contributed by atoms with Crippen LogP contribution in [0.25, 0.3) is 10.8 Å². The maximum Gasteiger partial charge on any atom is 0.0233 e. The van der Waals surface area contributed by atoms with E-state index in [2.05, 4.69) is 47.4 Å². The van der Waals surface area contributed by atoms with E-state index in [0.717, 1.165) is 6.54 Å². The molecule has 0 bridgehead atoms. The zero-order valence-electron chi connectivity index (χ0n) is 8.82. The van der Waals surface area contributed by atoms with Gasteiger partial charge >= 0.3 is 0 Å². The molecule has 1 nitrogen and oxygen atoms in total. The van der Waals surface area contributed by atoms with Gasteiger partial charge in [-0.1, -0.05) is 36.4 Å².